The van der Waals surface area contributed by atoms with Gasteiger partial charge in [0.25, 0.3) is 0 Å². The van der Waals surface area contributed by atoms with Crippen molar-refractivity contribution in [1.29, 1.82) is 0 Å². The van der Waals surface area contributed by atoms with Gasteiger partial charge in [-0.05, 0) is 45.4 Å². The molecule has 0 saturated carbocycles. The van der Waals surface area contributed by atoms with E-state index in [1.165, 1.54) is 30.4 Å². The first-order valence-corrected chi connectivity index (χ1v) is 8.24. The Hall–Kier alpha value is -0.860. The average molecular weight is 292 g/mol. The third kappa shape index (κ3) is 6.62. The normalized spacial score (nSPS) is 27.1. The fraction of sp³-hybridized carbons (Fsp3) is 0.684. The van der Waals surface area contributed by atoms with Crippen molar-refractivity contribution in [2.45, 2.75) is 71.7 Å². The number of hydrogen-bond acceptors (Lipinski definition) is 2. The van der Waals surface area contributed by atoms with E-state index >= 15 is 0 Å². The van der Waals surface area contributed by atoms with Crippen LogP contribution < -0.4 is 0 Å². The Bertz CT molecular complexity index is 368. The smallest absolute Gasteiger partial charge is 0.158 e. The van der Waals surface area contributed by atoms with Crippen molar-refractivity contribution in [3.05, 3.63) is 36.0 Å². The molecule has 2 nitrogen and oxygen atoms in total. The van der Waals surface area contributed by atoms with Crippen molar-refractivity contribution in [1.82, 2.24) is 0 Å². The third-order valence-electron chi connectivity index (χ3n) is 4.22. The zero-order valence-electron chi connectivity index (χ0n) is 14.2. The SMILES string of the molecule is C=C/C=C(\C)CCC1CC(OC)O[C@@H]1/C=C(\C)CCCC. The topological polar surface area (TPSA) is 18.5 Å². The highest BCUT2D eigenvalue weighted by molar-refractivity contribution is 5.09. The molecule has 2 heteroatoms. The summed E-state index contributed by atoms with van der Waals surface area (Å²) < 4.78 is 11.4. The highest BCUT2D eigenvalue weighted by Crippen LogP contribution is 2.33. The van der Waals surface area contributed by atoms with E-state index in [4.69, 9.17) is 9.47 Å². The van der Waals surface area contributed by atoms with Crippen LogP contribution in [0.1, 0.15) is 59.3 Å². The van der Waals surface area contributed by atoms with Crippen LogP contribution in [-0.2, 0) is 9.47 Å². The summed E-state index contributed by atoms with van der Waals surface area (Å²) in [6.07, 6.45) is 13.4. The molecule has 1 fully saturated rings. The van der Waals surface area contributed by atoms with E-state index in [0.717, 1.165) is 19.3 Å². The van der Waals surface area contributed by atoms with Crippen molar-refractivity contribution >= 4 is 0 Å². The van der Waals surface area contributed by atoms with Crippen LogP contribution in [0.3, 0.4) is 0 Å². The fourth-order valence-electron chi connectivity index (χ4n) is 2.85. The molecule has 0 aromatic carbocycles. The van der Waals surface area contributed by atoms with Crippen LogP contribution in [0, 0.1) is 5.92 Å². The molecule has 0 radical (unpaired) electrons. The van der Waals surface area contributed by atoms with Gasteiger partial charge in [0.15, 0.2) is 6.29 Å². The van der Waals surface area contributed by atoms with Crippen LogP contribution in [0.4, 0.5) is 0 Å². The van der Waals surface area contributed by atoms with Gasteiger partial charge >= 0.3 is 0 Å². The Balaban J connectivity index is 2.61. The van der Waals surface area contributed by atoms with E-state index in [1.807, 2.05) is 6.08 Å². The highest BCUT2D eigenvalue weighted by atomic mass is 16.7. The van der Waals surface area contributed by atoms with Crippen molar-refractivity contribution in [3.8, 4) is 0 Å². The van der Waals surface area contributed by atoms with Gasteiger partial charge in [0.05, 0.1) is 6.10 Å². The minimum absolute atomic E-state index is 0.0427. The molecular formula is C19H32O2. The minimum atomic E-state index is -0.0427. The first-order chi connectivity index (χ1) is 10.1. The molecular weight excluding hydrogens is 260 g/mol. The van der Waals surface area contributed by atoms with E-state index in [9.17, 15) is 0 Å². The van der Waals surface area contributed by atoms with Crippen LogP contribution in [0.2, 0.25) is 0 Å². The summed E-state index contributed by atoms with van der Waals surface area (Å²) in [7, 11) is 1.74. The molecule has 2 unspecified atom stereocenters. The molecule has 1 aliphatic rings. The van der Waals surface area contributed by atoms with Gasteiger partial charge in [-0.3, -0.25) is 0 Å². The molecule has 0 amide bonds. The summed E-state index contributed by atoms with van der Waals surface area (Å²) in [6.45, 7) is 10.4. The van der Waals surface area contributed by atoms with E-state index < -0.39 is 0 Å². The van der Waals surface area contributed by atoms with Crippen molar-refractivity contribution in [2.24, 2.45) is 5.92 Å². The lowest BCUT2D eigenvalue weighted by atomic mass is 9.92. The van der Waals surface area contributed by atoms with Crippen LogP contribution >= 0.6 is 0 Å². The maximum Gasteiger partial charge on any atom is 0.158 e. The lowest BCUT2D eigenvalue weighted by Gasteiger charge is -2.16. The fourth-order valence-corrected chi connectivity index (χ4v) is 2.85. The molecule has 0 aliphatic carbocycles. The zero-order valence-corrected chi connectivity index (χ0v) is 14.2. The predicted octanol–water partition coefficient (Wildman–Crippen LogP) is 5.41. The Kier molecular flexibility index (Phi) is 8.63. The Morgan fingerprint density at radius 1 is 1.29 bits per heavy atom. The van der Waals surface area contributed by atoms with Gasteiger partial charge in [-0.25, -0.2) is 0 Å². The lowest BCUT2D eigenvalue weighted by Crippen LogP contribution is -2.14. The number of allylic oxidation sites excluding steroid dienone is 4. The summed E-state index contributed by atoms with van der Waals surface area (Å²) in [5, 5.41) is 0. The summed E-state index contributed by atoms with van der Waals surface area (Å²) in [5.74, 6) is 0.555. The average Bonchev–Trinajstić information content (AvgIpc) is 2.85. The predicted molar refractivity (Wildman–Crippen MR) is 90.2 cm³/mol. The second-order valence-corrected chi connectivity index (χ2v) is 6.17. The second-order valence-electron chi connectivity index (χ2n) is 6.17. The summed E-state index contributed by atoms with van der Waals surface area (Å²) in [4.78, 5) is 0. The van der Waals surface area contributed by atoms with Gasteiger partial charge in [0, 0.05) is 13.5 Å². The van der Waals surface area contributed by atoms with Gasteiger partial charge in [0.1, 0.15) is 0 Å². The molecule has 0 spiro atoms. The molecule has 0 aromatic heterocycles. The van der Waals surface area contributed by atoms with E-state index in [1.54, 1.807) is 7.11 Å². The standard InChI is InChI=1S/C19H32O2/c1-6-8-10-16(4)13-18-17(14-19(20-5)21-18)12-11-15(3)9-7-2/h7,9,13,17-19H,2,6,8,10-12,14H2,1,3-5H3/b15-9+,16-13+/t17?,18-,19?/m1/s1. The summed E-state index contributed by atoms with van der Waals surface area (Å²) in [5.41, 5.74) is 2.83. The largest absolute Gasteiger partial charge is 0.356 e. The van der Waals surface area contributed by atoms with Crippen LogP contribution in [0.5, 0.6) is 0 Å². The monoisotopic (exact) mass is 292 g/mol. The van der Waals surface area contributed by atoms with Gasteiger partial charge in [-0.15, -0.1) is 0 Å². The lowest BCUT2D eigenvalue weighted by molar-refractivity contribution is -0.105. The van der Waals surface area contributed by atoms with Crippen molar-refractivity contribution in [2.75, 3.05) is 7.11 Å². The van der Waals surface area contributed by atoms with Crippen molar-refractivity contribution in [3.63, 3.8) is 0 Å². The Morgan fingerprint density at radius 3 is 2.67 bits per heavy atom. The number of hydrogen-bond donors (Lipinski definition) is 0. The summed E-state index contributed by atoms with van der Waals surface area (Å²) in [6, 6.07) is 0. The van der Waals surface area contributed by atoms with Gasteiger partial charge in [-0.2, -0.15) is 0 Å². The minimum Gasteiger partial charge on any atom is -0.356 e. The second kappa shape index (κ2) is 9.97. The molecule has 1 rings (SSSR count). The van der Waals surface area contributed by atoms with Gasteiger partial charge < -0.3 is 9.47 Å². The molecule has 1 aliphatic heterocycles. The number of rotatable bonds is 9. The third-order valence-corrected chi connectivity index (χ3v) is 4.22. The molecule has 21 heavy (non-hydrogen) atoms. The van der Waals surface area contributed by atoms with Crippen LogP contribution in [0.15, 0.2) is 36.0 Å². The van der Waals surface area contributed by atoms with Crippen LogP contribution in [-0.4, -0.2) is 19.5 Å². The highest BCUT2D eigenvalue weighted by Gasteiger charge is 2.33. The van der Waals surface area contributed by atoms with E-state index in [-0.39, 0.29) is 12.4 Å². The molecule has 0 bridgehead atoms. The van der Waals surface area contributed by atoms with E-state index in [2.05, 4.69) is 39.5 Å². The van der Waals surface area contributed by atoms with Gasteiger partial charge in [-0.1, -0.05) is 49.3 Å². The Labute approximate surface area is 130 Å². The molecule has 120 valence electrons. The molecule has 3 atom stereocenters. The van der Waals surface area contributed by atoms with E-state index in [0.29, 0.717) is 5.92 Å². The zero-order chi connectivity index (χ0) is 15.7. The Morgan fingerprint density at radius 2 is 2.05 bits per heavy atom. The van der Waals surface area contributed by atoms with Crippen LogP contribution in [0.25, 0.3) is 0 Å². The van der Waals surface area contributed by atoms with Crippen molar-refractivity contribution < 1.29 is 9.47 Å². The first kappa shape index (κ1) is 18.2. The first-order valence-electron chi connectivity index (χ1n) is 8.24. The number of methoxy groups -OCH3 is 1. The van der Waals surface area contributed by atoms with Gasteiger partial charge in [0.2, 0.25) is 0 Å². The summed E-state index contributed by atoms with van der Waals surface area (Å²) >= 11 is 0. The quantitative estimate of drug-likeness (QED) is 0.417. The number of ether oxygens (including phenoxy) is 2. The maximum atomic E-state index is 6.03. The molecule has 0 aromatic rings. The number of unbranched alkanes of at least 4 members (excludes halogenated alkanes) is 1. The maximum absolute atomic E-state index is 6.03. The molecule has 1 heterocycles. The molecule has 1 saturated heterocycles. The molecule has 0 N–H and O–H groups in total.